The van der Waals surface area contributed by atoms with Crippen LogP contribution in [-0.4, -0.2) is 71.2 Å². The molecule has 2 saturated heterocycles. The van der Waals surface area contributed by atoms with Crippen LogP contribution in [0.25, 0.3) is 0 Å². The van der Waals surface area contributed by atoms with Gasteiger partial charge in [0.05, 0.1) is 11.2 Å². The van der Waals surface area contributed by atoms with Crippen molar-refractivity contribution < 1.29 is 36.3 Å². The van der Waals surface area contributed by atoms with Crippen molar-refractivity contribution in [1.82, 2.24) is 14.2 Å². The number of carbonyl (C=O) groups is 2. The Balaban J connectivity index is 0.000000396. The molecule has 1 aromatic rings. The zero-order valence-electron chi connectivity index (χ0n) is 16.4. The highest BCUT2D eigenvalue weighted by molar-refractivity contribution is 7.89. The van der Waals surface area contributed by atoms with Crippen LogP contribution in [0.4, 0.5) is 13.2 Å². The fourth-order valence-corrected chi connectivity index (χ4v) is 4.86. The largest absolute Gasteiger partial charge is 0.490 e. The quantitative estimate of drug-likeness (QED) is 0.749. The van der Waals surface area contributed by atoms with E-state index in [1.54, 1.807) is 19.3 Å². The molecule has 1 amide bonds. The van der Waals surface area contributed by atoms with Crippen molar-refractivity contribution in [3.63, 3.8) is 0 Å². The van der Waals surface area contributed by atoms with E-state index < -0.39 is 27.6 Å². The number of aromatic nitrogens is 1. The maximum Gasteiger partial charge on any atom is 0.490 e. The number of pyridine rings is 1. The Labute approximate surface area is 172 Å². The maximum atomic E-state index is 12.9. The van der Waals surface area contributed by atoms with E-state index in [0.717, 1.165) is 24.8 Å². The number of hydrogen-bond donors (Lipinski definition) is 1. The van der Waals surface area contributed by atoms with Gasteiger partial charge in [-0.3, -0.25) is 9.78 Å². The Kier molecular flexibility index (Phi) is 7.45. The number of sulfonamides is 1. The van der Waals surface area contributed by atoms with Gasteiger partial charge in [0.25, 0.3) is 0 Å². The first kappa shape index (κ1) is 24.1. The molecule has 0 radical (unpaired) electrons. The minimum Gasteiger partial charge on any atom is -0.475 e. The van der Waals surface area contributed by atoms with Crippen molar-refractivity contribution in [1.29, 1.82) is 0 Å². The molecule has 12 heteroatoms. The molecule has 30 heavy (non-hydrogen) atoms. The number of rotatable bonds is 4. The number of aliphatic carboxylic acids is 1. The monoisotopic (exact) mass is 451 g/mol. The summed E-state index contributed by atoms with van der Waals surface area (Å²) in [5.74, 6) is -2.57. The zero-order chi connectivity index (χ0) is 22.6. The number of amides is 1. The van der Waals surface area contributed by atoms with Gasteiger partial charge in [0.15, 0.2) is 0 Å². The lowest BCUT2D eigenvalue weighted by atomic mass is 9.79. The summed E-state index contributed by atoms with van der Waals surface area (Å²) in [6.45, 7) is 3.77. The van der Waals surface area contributed by atoms with E-state index in [0.29, 0.717) is 26.2 Å². The summed E-state index contributed by atoms with van der Waals surface area (Å²) in [5, 5.41) is 7.12. The van der Waals surface area contributed by atoms with Gasteiger partial charge in [-0.1, -0.05) is 6.07 Å². The third-order valence-electron chi connectivity index (χ3n) is 5.24. The molecule has 2 aliphatic heterocycles. The van der Waals surface area contributed by atoms with Crippen molar-refractivity contribution in [3.8, 4) is 0 Å². The maximum absolute atomic E-state index is 12.9. The van der Waals surface area contributed by atoms with Gasteiger partial charge in [0.1, 0.15) is 0 Å². The second kappa shape index (κ2) is 9.29. The van der Waals surface area contributed by atoms with E-state index in [4.69, 9.17) is 9.90 Å². The van der Waals surface area contributed by atoms with Crippen molar-refractivity contribution in [2.75, 3.05) is 25.4 Å². The number of hydrogen-bond acceptors (Lipinski definition) is 5. The molecule has 0 bridgehead atoms. The predicted octanol–water partition coefficient (Wildman–Crippen LogP) is 1.88. The smallest absolute Gasteiger partial charge is 0.475 e. The Hall–Kier alpha value is -2.21. The normalized spacial score (nSPS) is 22.7. The average Bonchev–Trinajstić information content (AvgIpc) is 2.98. The first-order valence-corrected chi connectivity index (χ1v) is 11.0. The van der Waals surface area contributed by atoms with Crippen LogP contribution < -0.4 is 0 Å². The molecular formula is C18H24F3N3O5S. The summed E-state index contributed by atoms with van der Waals surface area (Å²) < 4.78 is 57.6. The fraction of sp³-hybridized carbons (Fsp3) is 0.611. The average molecular weight is 451 g/mol. The van der Waals surface area contributed by atoms with E-state index in [1.807, 2.05) is 17.0 Å². The molecule has 1 atom stereocenters. The summed E-state index contributed by atoms with van der Waals surface area (Å²) in [5.41, 5.74) is 0.481. The summed E-state index contributed by atoms with van der Waals surface area (Å²) in [6.07, 6.45) is 0.678. The molecule has 0 saturated carbocycles. The van der Waals surface area contributed by atoms with Crippen molar-refractivity contribution in [3.05, 3.63) is 30.1 Å². The number of alkyl halides is 3. The Morgan fingerprint density at radius 3 is 2.50 bits per heavy atom. The number of piperidine rings is 1. The number of carbonyl (C=O) groups excluding carboxylic acids is 1. The van der Waals surface area contributed by atoms with Crippen LogP contribution in [0.3, 0.4) is 0 Å². The molecule has 8 nitrogen and oxygen atoms in total. The second-order valence-electron chi connectivity index (χ2n) is 7.26. The highest BCUT2D eigenvalue weighted by Gasteiger charge is 2.50. The van der Waals surface area contributed by atoms with Gasteiger partial charge in [0, 0.05) is 38.6 Å². The van der Waals surface area contributed by atoms with E-state index in [2.05, 4.69) is 4.98 Å². The van der Waals surface area contributed by atoms with Gasteiger partial charge in [-0.15, -0.1) is 0 Å². The standard InChI is InChI=1S/C16H23N3O3S.C2HF3O2/c1-2-23(21,22)19-9-4-6-16(13-19)7-10-18(15(16)20)12-14-5-3-8-17-11-14;3-2(4,5)1(6)7/h3,5,8,11H,2,4,6-7,9-10,12-13H2,1H3;(H,6,7). The molecule has 2 fully saturated rings. The molecule has 1 N–H and O–H groups in total. The van der Waals surface area contributed by atoms with Gasteiger partial charge >= 0.3 is 12.1 Å². The van der Waals surface area contributed by atoms with E-state index in [1.165, 1.54) is 4.31 Å². The van der Waals surface area contributed by atoms with Crippen molar-refractivity contribution in [2.24, 2.45) is 5.41 Å². The predicted molar refractivity (Wildman–Crippen MR) is 101 cm³/mol. The van der Waals surface area contributed by atoms with E-state index in [9.17, 15) is 26.4 Å². The van der Waals surface area contributed by atoms with Crippen LogP contribution in [0.15, 0.2) is 24.5 Å². The number of likely N-dealkylation sites (tertiary alicyclic amines) is 1. The lowest BCUT2D eigenvalue weighted by molar-refractivity contribution is -0.192. The highest BCUT2D eigenvalue weighted by Crippen LogP contribution is 2.41. The molecule has 0 aliphatic carbocycles. The van der Waals surface area contributed by atoms with E-state index >= 15 is 0 Å². The molecule has 2 aliphatic rings. The van der Waals surface area contributed by atoms with Crippen LogP contribution in [0, 0.1) is 5.41 Å². The van der Waals surface area contributed by atoms with Crippen LogP contribution in [0.2, 0.25) is 0 Å². The molecule has 1 unspecified atom stereocenters. The summed E-state index contributed by atoms with van der Waals surface area (Å²) in [6, 6.07) is 3.82. The molecule has 1 aromatic heterocycles. The third kappa shape index (κ3) is 5.69. The number of carboxylic acids is 1. The highest BCUT2D eigenvalue weighted by atomic mass is 32.2. The zero-order valence-corrected chi connectivity index (χ0v) is 17.2. The van der Waals surface area contributed by atoms with Crippen LogP contribution in [-0.2, 0) is 26.2 Å². The Bertz CT molecular complexity index is 864. The summed E-state index contributed by atoms with van der Waals surface area (Å²) >= 11 is 0. The minimum absolute atomic E-state index is 0.0939. The molecule has 0 aromatic carbocycles. The van der Waals surface area contributed by atoms with Gasteiger partial charge < -0.3 is 10.0 Å². The number of nitrogens with zero attached hydrogens (tertiary/aromatic N) is 3. The van der Waals surface area contributed by atoms with E-state index in [-0.39, 0.29) is 11.7 Å². The topological polar surface area (TPSA) is 108 Å². The van der Waals surface area contributed by atoms with Crippen LogP contribution in [0.5, 0.6) is 0 Å². The Morgan fingerprint density at radius 2 is 1.97 bits per heavy atom. The molecular weight excluding hydrogens is 427 g/mol. The molecule has 3 heterocycles. The second-order valence-corrected chi connectivity index (χ2v) is 9.52. The SMILES string of the molecule is CCS(=O)(=O)N1CCCC2(CCN(Cc3cccnc3)C2=O)C1.O=C(O)C(F)(F)F. The van der Waals surface area contributed by atoms with Crippen LogP contribution >= 0.6 is 0 Å². The van der Waals surface area contributed by atoms with Gasteiger partial charge in [-0.25, -0.2) is 17.5 Å². The van der Waals surface area contributed by atoms with Crippen molar-refractivity contribution >= 4 is 21.9 Å². The molecule has 168 valence electrons. The van der Waals surface area contributed by atoms with Gasteiger partial charge in [-0.2, -0.15) is 13.2 Å². The lowest BCUT2D eigenvalue weighted by Crippen LogP contribution is -2.50. The third-order valence-corrected chi connectivity index (χ3v) is 7.07. The number of carboxylic acid groups (broad SMARTS) is 1. The first-order valence-electron chi connectivity index (χ1n) is 9.37. The van der Waals surface area contributed by atoms with Crippen molar-refractivity contribution in [2.45, 2.75) is 38.9 Å². The Morgan fingerprint density at radius 1 is 1.30 bits per heavy atom. The molecule has 3 rings (SSSR count). The minimum atomic E-state index is -5.08. The summed E-state index contributed by atoms with van der Waals surface area (Å²) in [4.78, 5) is 27.8. The van der Waals surface area contributed by atoms with Crippen LogP contribution in [0.1, 0.15) is 31.7 Å². The fourth-order valence-electron chi connectivity index (χ4n) is 3.64. The first-order chi connectivity index (χ1) is 13.9. The lowest BCUT2D eigenvalue weighted by Gasteiger charge is -2.38. The number of halogens is 3. The molecule has 1 spiro atoms. The van der Waals surface area contributed by atoms with Gasteiger partial charge in [-0.05, 0) is 37.8 Å². The van der Waals surface area contributed by atoms with Gasteiger partial charge in [0.2, 0.25) is 15.9 Å². The summed E-state index contributed by atoms with van der Waals surface area (Å²) in [7, 11) is -3.23.